The Balaban J connectivity index is 1.15. The van der Waals surface area contributed by atoms with Crippen LogP contribution in [0.25, 0.3) is 0 Å². The van der Waals surface area contributed by atoms with Gasteiger partial charge in [0.05, 0.1) is 5.54 Å². The average Bonchev–Trinajstić information content (AvgIpc) is 3.86. The molecule has 17 heteroatoms. The van der Waals surface area contributed by atoms with Crippen LogP contribution in [0.2, 0.25) is 5.02 Å². The van der Waals surface area contributed by atoms with Gasteiger partial charge in [0.2, 0.25) is 11.9 Å². The molecule has 0 aliphatic heterocycles. The smallest absolute Gasteiger partial charge is 0.422 e. The quantitative estimate of drug-likeness (QED) is 0.0781. The van der Waals surface area contributed by atoms with Gasteiger partial charge in [-0.15, -0.1) is 0 Å². The first-order chi connectivity index (χ1) is 23.8. The highest BCUT2D eigenvalue weighted by atomic mass is 35.5. The van der Waals surface area contributed by atoms with Crippen LogP contribution in [0.4, 0.5) is 40.8 Å². The van der Waals surface area contributed by atoms with Crippen molar-refractivity contribution in [3.8, 4) is 6.01 Å². The van der Waals surface area contributed by atoms with Crippen molar-refractivity contribution in [1.29, 1.82) is 0 Å². The van der Waals surface area contributed by atoms with Gasteiger partial charge in [-0.3, -0.25) is 14.4 Å². The summed E-state index contributed by atoms with van der Waals surface area (Å²) in [6, 6.07) is 17.8. The first kappa shape index (κ1) is 35.8. The van der Waals surface area contributed by atoms with Crippen LogP contribution in [0.15, 0.2) is 72.8 Å². The van der Waals surface area contributed by atoms with Gasteiger partial charge in [0.1, 0.15) is 5.82 Å². The van der Waals surface area contributed by atoms with E-state index in [4.69, 9.17) is 16.3 Å². The maximum atomic E-state index is 13.1. The summed E-state index contributed by atoms with van der Waals surface area (Å²) in [5.41, 5.74) is 1.40. The number of amides is 3. The van der Waals surface area contributed by atoms with E-state index in [1.807, 2.05) is 12.1 Å². The monoisotopic (exact) mass is 714 g/mol. The first-order valence-electron chi connectivity index (χ1n) is 15.3. The lowest BCUT2D eigenvalue weighted by atomic mass is 10.1. The van der Waals surface area contributed by atoms with Crippen molar-refractivity contribution in [3.63, 3.8) is 0 Å². The minimum atomic E-state index is -4.61. The minimum Gasteiger partial charge on any atom is -0.454 e. The molecular weight excluding hydrogens is 684 g/mol. The van der Waals surface area contributed by atoms with Crippen molar-refractivity contribution < 1.29 is 36.7 Å². The molecule has 1 aromatic heterocycles. The molecule has 0 unspecified atom stereocenters. The predicted octanol–water partition coefficient (Wildman–Crippen LogP) is 5.67. The number of rotatable bonds is 13. The lowest BCUT2D eigenvalue weighted by Gasteiger charge is -2.19. The van der Waals surface area contributed by atoms with Crippen LogP contribution in [0.1, 0.15) is 35.2 Å². The third-order valence-electron chi connectivity index (χ3n) is 7.48. The summed E-state index contributed by atoms with van der Waals surface area (Å²) < 4.78 is 56.5. The van der Waals surface area contributed by atoms with E-state index >= 15 is 0 Å². The van der Waals surface area contributed by atoms with Crippen LogP contribution in [-0.2, 0) is 15.1 Å². The van der Waals surface area contributed by atoms with Crippen LogP contribution in [0, 0.1) is 5.82 Å². The highest BCUT2D eigenvalue weighted by Crippen LogP contribution is 2.48. The molecule has 50 heavy (non-hydrogen) atoms. The van der Waals surface area contributed by atoms with E-state index < -0.39 is 47.9 Å². The minimum absolute atomic E-state index is 0.00368. The first-order valence-corrected chi connectivity index (χ1v) is 15.6. The number of alkyl halides is 3. The third kappa shape index (κ3) is 10.0. The van der Waals surface area contributed by atoms with Crippen LogP contribution in [-0.4, -0.2) is 70.5 Å². The summed E-state index contributed by atoms with van der Waals surface area (Å²) in [7, 11) is 1.45. The number of carbonyl (C=O) groups is 3. The number of hydrogen-bond donors (Lipinski definition) is 4. The molecule has 1 fully saturated rings. The van der Waals surface area contributed by atoms with E-state index in [0.717, 1.165) is 30.5 Å². The maximum Gasteiger partial charge on any atom is 0.422 e. The van der Waals surface area contributed by atoms with E-state index in [2.05, 4.69) is 36.2 Å². The summed E-state index contributed by atoms with van der Waals surface area (Å²) in [4.78, 5) is 50.8. The fourth-order valence-corrected chi connectivity index (χ4v) is 4.85. The zero-order chi connectivity index (χ0) is 35.9. The maximum absolute atomic E-state index is 13.1. The van der Waals surface area contributed by atoms with E-state index in [1.165, 1.54) is 36.2 Å². The summed E-state index contributed by atoms with van der Waals surface area (Å²) in [6.45, 7) is -1.21. The molecule has 5 rings (SSSR count). The van der Waals surface area contributed by atoms with Gasteiger partial charge >= 0.3 is 24.0 Å². The third-order valence-corrected chi connectivity index (χ3v) is 7.73. The Morgan fingerprint density at radius 3 is 2.18 bits per heavy atom. The van der Waals surface area contributed by atoms with Gasteiger partial charge in [-0.2, -0.15) is 28.1 Å². The normalized spacial score (nSPS) is 13.2. The fourth-order valence-electron chi connectivity index (χ4n) is 4.72. The van der Waals surface area contributed by atoms with Gasteiger partial charge < -0.3 is 30.9 Å². The largest absolute Gasteiger partial charge is 0.454 e. The number of aromatic nitrogens is 3. The number of hydrogen-bond acceptors (Lipinski definition) is 9. The Morgan fingerprint density at radius 2 is 1.54 bits per heavy atom. The highest BCUT2D eigenvalue weighted by Gasteiger charge is 2.45. The number of nitrogens with one attached hydrogen (secondary N) is 4. The van der Waals surface area contributed by atoms with Crippen molar-refractivity contribution in [3.05, 3.63) is 94.8 Å². The molecule has 262 valence electrons. The number of ether oxygens (including phenoxy) is 1. The summed E-state index contributed by atoms with van der Waals surface area (Å²) in [5, 5.41) is 11.8. The zero-order valence-corrected chi connectivity index (χ0v) is 27.2. The zero-order valence-electron chi connectivity index (χ0n) is 26.5. The number of likely N-dealkylation sites (N-methyl/N-ethyl adjacent to an activating group) is 1. The SMILES string of the molecule is CN(CCCNC(=O)c1ccc(Nc2nc(NC3(c4ccc(Cl)cc4)CC3)nc(OCC(F)(F)F)n2)cc1)C(=O)C(=O)Nc1ccc(F)cc1. The highest BCUT2D eigenvalue weighted by molar-refractivity contribution is 6.39. The van der Waals surface area contributed by atoms with E-state index in [0.29, 0.717) is 22.7 Å². The molecule has 3 amide bonds. The second-order valence-electron chi connectivity index (χ2n) is 11.4. The number of halogens is 5. The van der Waals surface area contributed by atoms with Crippen LogP contribution < -0.4 is 26.0 Å². The van der Waals surface area contributed by atoms with Gasteiger partial charge in [0.15, 0.2) is 6.61 Å². The fraction of sp³-hybridized carbons (Fsp3) is 0.273. The molecule has 1 saturated carbocycles. The molecule has 0 saturated heterocycles. The van der Waals surface area contributed by atoms with Gasteiger partial charge in [-0.25, -0.2) is 4.39 Å². The Kier molecular flexibility index (Phi) is 11.0. The summed E-state index contributed by atoms with van der Waals surface area (Å²) >= 11 is 6.02. The van der Waals surface area contributed by atoms with Crippen LogP contribution in [0.3, 0.4) is 0 Å². The molecular formula is C33H31ClF4N8O4. The van der Waals surface area contributed by atoms with Crippen LogP contribution in [0.5, 0.6) is 6.01 Å². The summed E-state index contributed by atoms with van der Waals surface area (Å²) in [5.74, 6) is -2.63. The van der Waals surface area contributed by atoms with Crippen molar-refractivity contribution in [1.82, 2.24) is 25.2 Å². The standard InChI is InChI=1S/C33H31ClF4N8O4/c1-46(28(49)27(48)40-24-13-9-23(35)10-14-24)18-2-17-39-26(47)20-3-11-25(12-4-20)41-29-42-30(44-31(43-29)50-19-33(36,37)38)45-32(15-16-32)21-5-7-22(34)8-6-21/h3-14H,2,15-19H2,1H3,(H,39,47)(H,40,48)(H2,41,42,43,44,45). The second-order valence-corrected chi connectivity index (χ2v) is 11.8. The molecule has 1 heterocycles. The Labute approximate surface area is 288 Å². The number of nitrogens with zero attached hydrogens (tertiary/aromatic N) is 4. The summed E-state index contributed by atoms with van der Waals surface area (Å²) in [6.07, 6.45) is -2.79. The molecule has 12 nitrogen and oxygen atoms in total. The number of anilines is 4. The number of benzene rings is 3. The molecule has 0 atom stereocenters. The topological polar surface area (TPSA) is 150 Å². The Bertz CT molecular complexity index is 1820. The molecule has 0 radical (unpaired) electrons. The van der Waals surface area contributed by atoms with Crippen molar-refractivity contribution >= 4 is 52.6 Å². The number of carbonyl (C=O) groups excluding carboxylic acids is 3. The molecule has 3 aromatic carbocycles. The van der Waals surface area contributed by atoms with E-state index in [1.54, 1.807) is 24.3 Å². The molecule has 0 spiro atoms. The predicted molar refractivity (Wildman–Crippen MR) is 177 cm³/mol. The van der Waals surface area contributed by atoms with Crippen molar-refractivity contribution in [2.45, 2.75) is 31.0 Å². The van der Waals surface area contributed by atoms with Gasteiger partial charge in [0, 0.05) is 42.1 Å². The van der Waals surface area contributed by atoms with Gasteiger partial charge in [-0.05, 0) is 85.5 Å². The van der Waals surface area contributed by atoms with E-state index in [9.17, 15) is 31.9 Å². The molecule has 0 bridgehead atoms. The lowest BCUT2D eigenvalue weighted by molar-refractivity contribution is -0.154. The molecule has 1 aliphatic carbocycles. The van der Waals surface area contributed by atoms with Gasteiger partial charge in [0.25, 0.3) is 5.91 Å². The van der Waals surface area contributed by atoms with Crippen molar-refractivity contribution in [2.75, 3.05) is 42.7 Å². The Morgan fingerprint density at radius 1 is 0.900 bits per heavy atom. The van der Waals surface area contributed by atoms with E-state index in [-0.39, 0.29) is 30.7 Å². The van der Waals surface area contributed by atoms with Crippen LogP contribution >= 0.6 is 11.6 Å². The lowest BCUT2D eigenvalue weighted by Crippen LogP contribution is -2.38. The average molecular weight is 715 g/mol. The molecule has 4 N–H and O–H groups in total. The molecule has 1 aliphatic rings. The molecule has 4 aromatic rings. The van der Waals surface area contributed by atoms with Crippen molar-refractivity contribution in [2.24, 2.45) is 0 Å². The Hall–Kier alpha value is -5.51. The van der Waals surface area contributed by atoms with Gasteiger partial charge in [-0.1, -0.05) is 23.7 Å². The second kappa shape index (κ2) is 15.4.